The minimum atomic E-state index is 0.826. The van der Waals surface area contributed by atoms with Crippen molar-refractivity contribution in [1.82, 2.24) is 0 Å². The van der Waals surface area contributed by atoms with Crippen molar-refractivity contribution in [2.75, 3.05) is 0 Å². The molecule has 0 aliphatic rings. The van der Waals surface area contributed by atoms with E-state index in [0.29, 0.717) is 0 Å². The molecule has 0 spiro atoms. The first-order valence-electron chi connectivity index (χ1n) is 6.28. The third kappa shape index (κ3) is 6.33. The maximum absolute atomic E-state index is 2.34. The Morgan fingerprint density at radius 3 is 2.40 bits per heavy atom. The minimum Gasteiger partial charge on any atom is -0.0683 e. The second kappa shape index (κ2) is 8.52. The van der Waals surface area contributed by atoms with Gasteiger partial charge in [-0.05, 0) is 24.8 Å². The molecular formula is C15H26. The summed E-state index contributed by atoms with van der Waals surface area (Å²) in [4.78, 5) is 0. The molecule has 1 atom stereocenters. The van der Waals surface area contributed by atoms with E-state index in [2.05, 4.69) is 45.0 Å². The van der Waals surface area contributed by atoms with Crippen LogP contribution in [0.5, 0.6) is 0 Å². The molecule has 0 saturated carbocycles. The van der Waals surface area contributed by atoms with Gasteiger partial charge < -0.3 is 0 Å². The van der Waals surface area contributed by atoms with Crippen LogP contribution in [0, 0.1) is 12.8 Å². The maximum Gasteiger partial charge on any atom is -0.0253 e. The zero-order valence-electron chi connectivity index (χ0n) is 11.0. The molecule has 1 rings (SSSR count). The Bertz CT molecular complexity index is 250. The van der Waals surface area contributed by atoms with E-state index in [1.807, 2.05) is 13.8 Å². The van der Waals surface area contributed by atoms with Gasteiger partial charge in [0.15, 0.2) is 0 Å². The molecule has 0 aromatic heterocycles. The lowest BCUT2D eigenvalue weighted by Gasteiger charge is -2.09. The third-order valence-electron chi connectivity index (χ3n) is 2.45. The lowest BCUT2D eigenvalue weighted by atomic mass is 9.96. The number of rotatable bonds is 4. The van der Waals surface area contributed by atoms with Gasteiger partial charge in [0.2, 0.25) is 0 Å². The lowest BCUT2D eigenvalue weighted by molar-refractivity contribution is 0.522. The molecule has 0 N–H and O–H groups in total. The van der Waals surface area contributed by atoms with Crippen LogP contribution in [0.4, 0.5) is 0 Å². The average Bonchev–Trinajstić information content (AvgIpc) is 2.21. The molecule has 15 heavy (non-hydrogen) atoms. The molecule has 0 heteroatoms. The molecule has 0 radical (unpaired) electrons. The second-order valence-electron chi connectivity index (χ2n) is 4.09. The molecule has 0 heterocycles. The molecule has 0 aliphatic heterocycles. The molecule has 86 valence electrons. The van der Waals surface area contributed by atoms with Crippen molar-refractivity contribution in [3.05, 3.63) is 35.4 Å². The number of aryl methyl sites for hydroxylation is 1. The van der Waals surface area contributed by atoms with Gasteiger partial charge in [-0.2, -0.15) is 0 Å². The fourth-order valence-electron chi connectivity index (χ4n) is 1.84. The molecule has 0 saturated heterocycles. The highest BCUT2D eigenvalue weighted by Gasteiger charge is 2.01. The average molecular weight is 206 g/mol. The Hall–Kier alpha value is -0.780. The summed E-state index contributed by atoms with van der Waals surface area (Å²) in [7, 11) is 0. The minimum absolute atomic E-state index is 0.826. The van der Waals surface area contributed by atoms with Crippen molar-refractivity contribution in [3.63, 3.8) is 0 Å². The van der Waals surface area contributed by atoms with Gasteiger partial charge in [-0.15, -0.1) is 0 Å². The Balaban J connectivity index is 0.000000921. The summed E-state index contributed by atoms with van der Waals surface area (Å²) in [5.74, 6) is 0.826. The highest BCUT2D eigenvalue weighted by molar-refractivity contribution is 5.22. The summed E-state index contributed by atoms with van der Waals surface area (Å²) >= 11 is 0. The molecule has 1 aromatic rings. The van der Waals surface area contributed by atoms with Gasteiger partial charge in [-0.3, -0.25) is 0 Å². The summed E-state index contributed by atoms with van der Waals surface area (Å²) in [6, 6.07) is 8.85. The molecule has 0 fully saturated rings. The van der Waals surface area contributed by atoms with Gasteiger partial charge in [0.25, 0.3) is 0 Å². The molecule has 1 aromatic carbocycles. The van der Waals surface area contributed by atoms with E-state index in [1.54, 1.807) is 0 Å². The Morgan fingerprint density at radius 1 is 1.20 bits per heavy atom. The van der Waals surface area contributed by atoms with Crippen LogP contribution in [-0.2, 0) is 6.42 Å². The molecule has 1 unspecified atom stereocenters. The predicted molar refractivity (Wildman–Crippen MR) is 70.3 cm³/mol. The predicted octanol–water partition coefficient (Wildman–Crippen LogP) is 5.00. The smallest absolute Gasteiger partial charge is 0.0253 e. The van der Waals surface area contributed by atoms with Crippen molar-refractivity contribution in [2.24, 2.45) is 5.92 Å². The van der Waals surface area contributed by atoms with Crippen LogP contribution in [0.25, 0.3) is 0 Å². The van der Waals surface area contributed by atoms with Gasteiger partial charge in [-0.25, -0.2) is 0 Å². The fourth-order valence-corrected chi connectivity index (χ4v) is 1.84. The van der Waals surface area contributed by atoms with Crippen LogP contribution in [0.3, 0.4) is 0 Å². The molecule has 0 amide bonds. The first kappa shape index (κ1) is 14.2. The largest absolute Gasteiger partial charge is 0.0683 e. The van der Waals surface area contributed by atoms with Crippen molar-refractivity contribution >= 4 is 0 Å². The molecule has 0 aliphatic carbocycles. The summed E-state index contributed by atoms with van der Waals surface area (Å²) in [6.07, 6.45) is 3.87. The van der Waals surface area contributed by atoms with Crippen molar-refractivity contribution < 1.29 is 0 Å². The van der Waals surface area contributed by atoms with Crippen molar-refractivity contribution in [1.29, 1.82) is 0 Å². The van der Waals surface area contributed by atoms with Crippen LogP contribution < -0.4 is 0 Å². The van der Waals surface area contributed by atoms with Gasteiger partial charge in [-0.1, -0.05) is 70.4 Å². The highest BCUT2D eigenvalue weighted by atomic mass is 14.1. The van der Waals surface area contributed by atoms with E-state index in [0.717, 1.165) is 5.92 Å². The number of hydrogen-bond donors (Lipinski definition) is 0. The monoisotopic (exact) mass is 206 g/mol. The van der Waals surface area contributed by atoms with E-state index < -0.39 is 0 Å². The SMILES string of the molecule is CC.CCCC(C)Cc1cccc(C)c1. The van der Waals surface area contributed by atoms with Gasteiger partial charge in [0, 0.05) is 0 Å². The number of hydrogen-bond acceptors (Lipinski definition) is 0. The first-order chi connectivity index (χ1) is 7.22. The van der Waals surface area contributed by atoms with Gasteiger partial charge >= 0.3 is 0 Å². The maximum atomic E-state index is 2.34. The molecular weight excluding hydrogens is 180 g/mol. The lowest BCUT2D eigenvalue weighted by Crippen LogP contribution is -1.98. The summed E-state index contributed by atoms with van der Waals surface area (Å²) in [5, 5.41) is 0. The normalized spacial score (nSPS) is 11.5. The Kier molecular flexibility index (Phi) is 8.08. The molecule has 0 nitrogen and oxygen atoms in total. The van der Waals surface area contributed by atoms with Crippen LogP contribution in [0.15, 0.2) is 24.3 Å². The standard InChI is InChI=1S/C13H20.C2H6/c1-4-6-11(2)9-13-8-5-7-12(3)10-13;1-2/h5,7-8,10-11H,4,6,9H2,1-3H3;1-2H3. The van der Waals surface area contributed by atoms with Crippen molar-refractivity contribution in [3.8, 4) is 0 Å². The quantitative estimate of drug-likeness (QED) is 0.650. The zero-order chi connectivity index (χ0) is 11.7. The van der Waals surface area contributed by atoms with E-state index in [4.69, 9.17) is 0 Å². The van der Waals surface area contributed by atoms with E-state index >= 15 is 0 Å². The van der Waals surface area contributed by atoms with Gasteiger partial charge in [0.05, 0.1) is 0 Å². The second-order valence-corrected chi connectivity index (χ2v) is 4.09. The summed E-state index contributed by atoms with van der Waals surface area (Å²) in [5.41, 5.74) is 2.86. The van der Waals surface area contributed by atoms with Crippen LogP contribution >= 0.6 is 0 Å². The van der Waals surface area contributed by atoms with E-state index in [9.17, 15) is 0 Å². The zero-order valence-corrected chi connectivity index (χ0v) is 11.0. The van der Waals surface area contributed by atoms with Gasteiger partial charge in [0.1, 0.15) is 0 Å². The molecule has 0 bridgehead atoms. The van der Waals surface area contributed by atoms with Crippen LogP contribution in [0.2, 0.25) is 0 Å². The highest BCUT2D eigenvalue weighted by Crippen LogP contribution is 2.14. The Morgan fingerprint density at radius 2 is 1.87 bits per heavy atom. The van der Waals surface area contributed by atoms with E-state index in [1.165, 1.54) is 30.4 Å². The van der Waals surface area contributed by atoms with E-state index in [-0.39, 0.29) is 0 Å². The number of benzene rings is 1. The van der Waals surface area contributed by atoms with Crippen LogP contribution in [0.1, 0.15) is 51.7 Å². The summed E-state index contributed by atoms with van der Waals surface area (Å²) < 4.78 is 0. The van der Waals surface area contributed by atoms with Crippen molar-refractivity contribution in [2.45, 2.75) is 53.9 Å². The van der Waals surface area contributed by atoms with Crippen LogP contribution in [-0.4, -0.2) is 0 Å². The first-order valence-corrected chi connectivity index (χ1v) is 6.28. The fraction of sp³-hybridized carbons (Fsp3) is 0.600. The summed E-state index contributed by atoms with van der Waals surface area (Å²) in [6.45, 7) is 10.8. The topological polar surface area (TPSA) is 0 Å². The Labute approximate surface area is 95.7 Å². The third-order valence-corrected chi connectivity index (χ3v) is 2.45.